The number of aliphatic hydroxyl groups is 3. The topological polar surface area (TPSA) is 60.7 Å². The number of aliphatic hydroxyl groups excluding tert-OH is 3. The average Bonchev–Trinajstić information content (AvgIpc) is 2.63. The minimum absolute atomic E-state index is 0.266. The van der Waals surface area contributed by atoms with Crippen molar-refractivity contribution in [2.75, 3.05) is 0 Å². The van der Waals surface area contributed by atoms with E-state index in [9.17, 15) is 15.3 Å². The summed E-state index contributed by atoms with van der Waals surface area (Å²) in [5.41, 5.74) is 0. The molecule has 0 unspecified atom stereocenters. The van der Waals surface area contributed by atoms with Gasteiger partial charge in [0.1, 0.15) is 0 Å². The lowest BCUT2D eigenvalue weighted by Crippen LogP contribution is -2.15. The molecule has 0 heterocycles. The van der Waals surface area contributed by atoms with E-state index >= 15 is 0 Å². The van der Waals surface area contributed by atoms with Crippen molar-refractivity contribution in [3.05, 3.63) is 0 Å². The van der Waals surface area contributed by atoms with Crippen molar-refractivity contribution in [2.45, 2.75) is 37.6 Å². The van der Waals surface area contributed by atoms with Gasteiger partial charge >= 0.3 is 0 Å². The minimum Gasteiger partial charge on any atom is -0.393 e. The van der Waals surface area contributed by atoms with Gasteiger partial charge in [-0.3, -0.25) is 0 Å². The van der Waals surface area contributed by atoms with Gasteiger partial charge in [0.05, 0.1) is 18.3 Å². The largest absolute Gasteiger partial charge is 0.393 e. The molecule has 3 saturated carbocycles. The second-order valence-corrected chi connectivity index (χ2v) is 4.98. The Morgan fingerprint density at radius 2 is 0.923 bits per heavy atom. The molecule has 0 aromatic heterocycles. The van der Waals surface area contributed by atoms with Gasteiger partial charge in [-0.2, -0.15) is 0 Å². The third-order valence-corrected chi connectivity index (χ3v) is 4.51. The van der Waals surface area contributed by atoms with E-state index in [0.29, 0.717) is 5.92 Å². The van der Waals surface area contributed by atoms with Crippen molar-refractivity contribution in [3.8, 4) is 0 Å². The fourth-order valence-electron chi connectivity index (χ4n) is 4.03. The van der Waals surface area contributed by atoms with Crippen LogP contribution in [0.3, 0.4) is 0 Å². The molecule has 0 aliphatic heterocycles. The van der Waals surface area contributed by atoms with E-state index in [1.807, 2.05) is 0 Å². The van der Waals surface area contributed by atoms with Crippen LogP contribution in [0.15, 0.2) is 0 Å². The first kappa shape index (κ1) is 8.21. The molecule has 0 radical (unpaired) electrons. The Bertz CT molecular complexity index is 192. The summed E-state index contributed by atoms with van der Waals surface area (Å²) < 4.78 is 0. The highest BCUT2D eigenvalue weighted by Crippen LogP contribution is 2.58. The predicted octanol–water partition coefficient (Wildman–Crippen LogP) is -0.255. The van der Waals surface area contributed by atoms with Gasteiger partial charge < -0.3 is 15.3 Å². The van der Waals surface area contributed by atoms with Crippen LogP contribution in [0.4, 0.5) is 0 Å². The molecule has 3 fully saturated rings. The van der Waals surface area contributed by atoms with Crippen LogP contribution in [0.1, 0.15) is 19.3 Å². The zero-order valence-electron chi connectivity index (χ0n) is 7.50. The zero-order chi connectivity index (χ0) is 9.16. The summed E-state index contributed by atoms with van der Waals surface area (Å²) in [6.07, 6.45) is 1.43. The normalized spacial score (nSPS) is 64.4. The van der Waals surface area contributed by atoms with Crippen LogP contribution in [0.2, 0.25) is 0 Å². The van der Waals surface area contributed by atoms with Gasteiger partial charge in [-0.1, -0.05) is 0 Å². The average molecular weight is 184 g/mol. The molecule has 13 heavy (non-hydrogen) atoms. The van der Waals surface area contributed by atoms with Crippen LogP contribution in [0.25, 0.3) is 0 Å². The van der Waals surface area contributed by atoms with Crippen LogP contribution in [0, 0.1) is 23.7 Å². The van der Waals surface area contributed by atoms with Crippen LogP contribution in [-0.4, -0.2) is 33.6 Å². The molecule has 3 nitrogen and oxygen atoms in total. The number of hydrogen-bond acceptors (Lipinski definition) is 3. The Labute approximate surface area is 77.4 Å². The molecule has 3 N–H and O–H groups in total. The molecule has 0 bridgehead atoms. The maximum atomic E-state index is 9.73. The SMILES string of the molecule is O[C@@H]1C[C@@H]2C3[C@H]1C[C@@H](O)[C@@H]3C[C@H]2O. The third kappa shape index (κ3) is 0.901. The van der Waals surface area contributed by atoms with E-state index < -0.39 is 0 Å². The molecule has 0 saturated heterocycles. The third-order valence-electron chi connectivity index (χ3n) is 4.51. The molecule has 0 aromatic carbocycles. The van der Waals surface area contributed by atoms with Gasteiger partial charge in [0.2, 0.25) is 0 Å². The van der Waals surface area contributed by atoms with E-state index in [4.69, 9.17) is 0 Å². The van der Waals surface area contributed by atoms with Crippen LogP contribution >= 0.6 is 0 Å². The molecular weight excluding hydrogens is 168 g/mol. The molecule has 3 rings (SSSR count). The maximum Gasteiger partial charge on any atom is 0.0576 e. The first-order valence-corrected chi connectivity index (χ1v) is 5.22. The Morgan fingerprint density at radius 1 is 0.615 bits per heavy atom. The Hall–Kier alpha value is -0.120. The van der Waals surface area contributed by atoms with Crippen LogP contribution in [0.5, 0.6) is 0 Å². The second-order valence-electron chi connectivity index (χ2n) is 4.98. The fraction of sp³-hybridized carbons (Fsp3) is 1.00. The standard InChI is InChI=1S/C10H16O3/c11-7-1-4-8(12)3-6-9(13)2-5(7)10(4)6/h4-13H,1-3H2/t4-,5-,6-,7+,8+,9+,10?/m0/s1. The highest BCUT2D eigenvalue weighted by atomic mass is 16.3. The second kappa shape index (κ2) is 2.47. The van der Waals surface area contributed by atoms with Crippen molar-refractivity contribution in [2.24, 2.45) is 23.7 Å². The van der Waals surface area contributed by atoms with Crippen LogP contribution in [-0.2, 0) is 0 Å². The van der Waals surface area contributed by atoms with Crippen molar-refractivity contribution in [3.63, 3.8) is 0 Å². The highest BCUT2D eigenvalue weighted by molar-refractivity contribution is 5.08. The predicted molar refractivity (Wildman–Crippen MR) is 45.8 cm³/mol. The Kier molecular flexibility index (Phi) is 1.56. The summed E-state index contributed by atoms with van der Waals surface area (Å²) in [7, 11) is 0. The summed E-state index contributed by atoms with van der Waals surface area (Å²) >= 11 is 0. The quantitative estimate of drug-likeness (QED) is 0.486. The molecule has 3 aliphatic carbocycles. The van der Waals surface area contributed by atoms with E-state index in [1.165, 1.54) is 0 Å². The van der Waals surface area contributed by atoms with E-state index in [1.54, 1.807) is 0 Å². The lowest BCUT2D eigenvalue weighted by molar-refractivity contribution is 0.102. The lowest BCUT2D eigenvalue weighted by Gasteiger charge is -2.14. The van der Waals surface area contributed by atoms with Crippen LogP contribution < -0.4 is 0 Å². The highest BCUT2D eigenvalue weighted by Gasteiger charge is 2.59. The summed E-state index contributed by atoms with van der Waals surface area (Å²) in [6, 6.07) is 0. The van der Waals surface area contributed by atoms with Gasteiger partial charge in [0.25, 0.3) is 0 Å². The smallest absolute Gasteiger partial charge is 0.0576 e. The monoisotopic (exact) mass is 184 g/mol. The Morgan fingerprint density at radius 3 is 1.23 bits per heavy atom. The molecule has 0 amide bonds. The number of hydrogen-bond donors (Lipinski definition) is 3. The van der Waals surface area contributed by atoms with E-state index in [0.717, 1.165) is 19.3 Å². The van der Waals surface area contributed by atoms with Crippen molar-refractivity contribution in [1.29, 1.82) is 0 Å². The van der Waals surface area contributed by atoms with Gasteiger partial charge in [-0.25, -0.2) is 0 Å². The minimum atomic E-state index is -0.274. The molecule has 74 valence electrons. The summed E-state index contributed by atoms with van der Waals surface area (Å²) in [6.45, 7) is 0. The lowest BCUT2D eigenvalue weighted by atomic mass is 9.92. The fourth-order valence-corrected chi connectivity index (χ4v) is 4.03. The molecule has 3 heteroatoms. The maximum absolute atomic E-state index is 9.73. The van der Waals surface area contributed by atoms with Crippen molar-refractivity contribution >= 4 is 0 Å². The van der Waals surface area contributed by atoms with E-state index in [-0.39, 0.29) is 36.1 Å². The molecular formula is C10H16O3. The first-order chi connectivity index (χ1) is 6.18. The Balaban J connectivity index is 1.94. The van der Waals surface area contributed by atoms with Gasteiger partial charge in [-0.15, -0.1) is 0 Å². The molecule has 0 spiro atoms. The van der Waals surface area contributed by atoms with E-state index in [2.05, 4.69) is 0 Å². The molecule has 3 aliphatic rings. The summed E-state index contributed by atoms with van der Waals surface area (Å²) in [5, 5.41) is 29.2. The number of rotatable bonds is 0. The van der Waals surface area contributed by atoms with Gasteiger partial charge in [0, 0.05) is 0 Å². The van der Waals surface area contributed by atoms with Gasteiger partial charge in [-0.05, 0) is 42.9 Å². The molecule has 6 atom stereocenters. The van der Waals surface area contributed by atoms with Gasteiger partial charge in [0.15, 0.2) is 0 Å². The van der Waals surface area contributed by atoms with Crippen molar-refractivity contribution in [1.82, 2.24) is 0 Å². The molecule has 0 aromatic rings. The zero-order valence-corrected chi connectivity index (χ0v) is 7.50. The summed E-state index contributed by atoms with van der Waals surface area (Å²) in [4.78, 5) is 0. The first-order valence-electron chi connectivity index (χ1n) is 5.22. The summed E-state index contributed by atoms with van der Waals surface area (Å²) in [5.74, 6) is 1.20. The van der Waals surface area contributed by atoms with Crippen molar-refractivity contribution < 1.29 is 15.3 Å².